The maximum atomic E-state index is 14.6. The van der Waals surface area contributed by atoms with Crippen molar-refractivity contribution in [1.82, 2.24) is 4.98 Å². The van der Waals surface area contributed by atoms with Gasteiger partial charge in [0.25, 0.3) is 11.9 Å². The number of pyridine rings is 1. The van der Waals surface area contributed by atoms with Gasteiger partial charge in [0.05, 0.1) is 18.8 Å². The zero-order valence-corrected chi connectivity index (χ0v) is 17.2. The highest BCUT2D eigenvalue weighted by molar-refractivity contribution is 6.03. The minimum Gasteiger partial charge on any atom is -0.495 e. The molecule has 3 rings (SSSR count). The standard InChI is InChI=1S/C20H19F5N4O3/c1-9-4-11(31-3)8-27-16(9)17(30)28-10-5-12(15(22)13(21)6-10)19(2)7-14(20(23,24)25)32-18(26)29-19/h4-6,8,14H,7H2,1-3H3,(H2,26,29)(H,28,30). The van der Waals surface area contributed by atoms with Crippen LogP contribution in [0.25, 0.3) is 0 Å². The molecule has 0 aliphatic carbocycles. The summed E-state index contributed by atoms with van der Waals surface area (Å²) < 4.78 is 78.1. The molecular weight excluding hydrogens is 439 g/mol. The van der Waals surface area contributed by atoms with Crippen LogP contribution in [0, 0.1) is 18.6 Å². The van der Waals surface area contributed by atoms with Crippen LogP contribution in [0.4, 0.5) is 27.6 Å². The van der Waals surface area contributed by atoms with Gasteiger partial charge in [-0.05, 0) is 31.5 Å². The second kappa shape index (κ2) is 8.24. The Hall–Kier alpha value is -3.44. The zero-order chi connectivity index (χ0) is 23.8. The lowest BCUT2D eigenvalue weighted by atomic mass is 9.85. The molecule has 7 nitrogen and oxygen atoms in total. The second-order valence-corrected chi connectivity index (χ2v) is 7.39. The summed E-state index contributed by atoms with van der Waals surface area (Å²) in [7, 11) is 1.43. The fourth-order valence-electron chi connectivity index (χ4n) is 3.36. The first-order chi connectivity index (χ1) is 14.8. The quantitative estimate of drug-likeness (QED) is 0.679. The molecule has 0 radical (unpaired) electrons. The number of hydrogen-bond acceptors (Lipinski definition) is 6. The smallest absolute Gasteiger partial charge is 0.425 e. The minimum absolute atomic E-state index is 0.00578. The second-order valence-electron chi connectivity index (χ2n) is 7.39. The third-order valence-electron chi connectivity index (χ3n) is 4.94. The van der Waals surface area contributed by atoms with E-state index in [1.54, 1.807) is 13.0 Å². The number of aromatic nitrogens is 1. The number of alkyl halides is 3. The Morgan fingerprint density at radius 1 is 1.31 bits per heavy atom. The number of halogens is 5. The molecule has 0 fully saturated rings. The number of benzene rings is 1. The van der Waals surface area contributed by atoms with Crippen molar-refractivity contribution >= 4 is 17.6 Å². The van der Waals surface area contributed by atoms with Gasteiger partial charge in [0.2, 0.25) is 0 Å². The van der Waals surface area contributed by atoms with Gasteiger partial charge in [-0.25, -0.2) is 18.8 Å². The summed E-state index contributed by atoms with van der Waals surface area (Å²) >= 11 is 0. The number of methoxy groups -OCH3 is 1. The van der Waals surface area contributed by atoms with E-state index in [2.05, 4.69) is 20.0 Å². The topological polar surface area (TPSA) is 98.8 Å². The number of rotatable bonds is 4. The van der Waals surface area contributed by atoms with Crippen LogP contribution in [-0.2, 0) is 10.3 Å². The van der Waals surface area contributed by atoms with E-state index in [0.29, 0.717) is 17.4 Å². The molecule has 3 N–H and O–H groups in total. The van der Waals surface area contributed by atoms with Crippen LogP contribution in [0.15, 0.2) is 29.4 Å². The van der Waals surface area contributed by atoms with E-state index in [0.717, 1.165) is 6.07 Å². The molecule has 12 heteroatoms. The van der Waals surface area contributed by atoms with Gasteiger partial charge in [-0.1, -0.05) is 0 Å². The highest BCUT2D eigenvalue weighted by atomic mass is 19.4. The molecule has 32 heavy (non-hydrogen) atoms. The van der Waals surface area contributed by atoms with Crippen molar-refractivity contribution in [1.29, 1.82) is 0 Å². The van der Waals surface area contributed by atoms with Gasteiger partial charge in [0, 0.05) is 23.7 Å². The molecule has 172 valence electrons. The Labute approximate surface area is 179 Å². The monoisotopic (exact) mass is 458 g/mol. The molecule has 2 heterocycles. The summed E-state index contributed by atoms with van der Waals surface area (Å²) in [6.07, 6.45) is -6.71. The van der Waals surface area contributed by atoms with Crippen molar-refractivity contribution in [3.63, 3.8) is 0 Å². The van der Waals surface area contributed by atoms with E-state index in [1.807, 2.05) is 0 Å². The van der Waals surface area contributed by atoms with Gasteiger partial charge in [0.1, 0.15) is 11.4 Å². The minimum atomic E-state index is -4.81. The first-order valence-corrected chi connectivity index (χ1v) is 9.24. The molecule has 0 spiro atoms. The van der Waals surface area contributed by atoms with Gasteiger partial charge in [0.15, 0.2) is 17.7 Å². The number of amides is 1. The summed E-state index contributed by atoms with van der Waals surface area (Å²) in [5, 5.41) is 2.37. The van der Waals surface area contributed by atoms with Crippen LogP contribution in [0.2, 0.25) is 0 Å². The number of anilines is 1. The summed E-state index contributed by atoms with van der Waals surface area (Å²) in [5.74, 6) is -3.13. The lowest BCUT2D eigenvalue weighted by Gasteiger charge is -2.36. The predicted octanol–water partition coefficient (Wildman–Crippen LogP) is 3.81. The zero-order valence-electron chi connectivity index (χ0n) is 17.2. The number of nitrogens with one attached hydrogen (secondary N) is 1. The van der Waals surface area contributed by atoms with Gasteiger partial charge < -0.3 is 20.5 Å². The number of nitrogens with zero attached hydrogens (tertiary/aromatic N) is 2. The molecule has 2 unspecified atom stereocenters. The van der Waals surface area contributed by atoms with Crippen molar-refractivity contribution < 1.29 is 36.2 Å². The largest absolute Gasteiger partial charge is 0.495 e. The van der Waals surface area contributed by atoms with Gasteiger partial charge in [-0.15, -0.1) is 0 Å². The van der Waals surface area contributed by atoms with Crippen molar-refractivity contribution in [2.45, 2.75) is 38.1 Å². The summed E-state index contributed by atoms with van der Waals surface area (Å²) in [4.78, 5) is 20.3. The third-order valence-corrected chi connectivity index (χ3v) is 4.94. The summed E-state index contributed by atoms with van der Waals surface area (Å²) in [6.45, 7) is 2.76. The molecular formula is C20H19F5N4O3. The number of amidine groups is 1. The maximum absolute atomic E-state index is 14.6. The highest BCUT2D eigenvalue weighted by Crippen LogP contribution is 2.41. The van der Waals surface area contributed by atoms with Crippen LogP contribution in [0.5, 0.6) is 5.75 Å². The summed E-state index contributed by atoms with van der Waals surface area (Å²) in [6, 6.07) is 2.45. The molecule has 1 aliphatic heterocycles. The Morgan fingerprint density at radius 2 is 2.00 bits per heavy atom. The van der Waals surface area contributed by atoms with E-state index in [9.17, 15) is 26.7 Å². The predicted molar refractivity (Wildman–Crippen MR) is 104 cm³/mol. The van der Waals surface area contributed by atoms with Crippen LogP contribution in [0.1, 0.15) is 35.0 Å². The average molecular weight is 458 g/mol. The molecule has 0 saturated heterocycles. The molecule has 1 aromatic heterocycles. The summed E-state index contributed by atoms with van der Waals surface area (Å²) in [5.41, 5.74) is 3.20. The van der Waals surface area contributed by atoms with Crippen LogP contribution >= 0.6 is 0 Å². The van der Waals surface area contributed by atoms with E-state index < -0.39 is 53.4 Å². The van der Waals surface area contributed by atoms with Gasteiger partial charge in [-0.2, -0.15) is 13.2 Å². The first-order valence-electron chi connectivity index (χ1n) is 9.24. The fourth-order valence-corrected chi connectivity index (χ4v) is 3.36. The fraction of sp³-hybridized carbons (Fsp3) is 0.350. The SMILES string of the molecule is COc1cnc(C(=O)Nc2cc(F)c(F)c(C3(C)CC(C(F)(F)F)OC(N)=N3)c2)c(C)c1. The number of carbonyl (C=O) groups excluding carboxylic acids is 1. The molecule has 1 aromatic carbocycles. The van der Waals surface area contributed by atoms with Crippen LogP contribution in [-0.4, -0.2) is 36.3 Å². The van der Waals surface area contributed by atoms with E-state index in [1.165, 1.54) is 20.2 Å². The maximum Gasteiger partial charge on any atom is 0.425 e. The third kappa shape index (κ3) is 4.58. The van der Waals surface area contributed by atoms with Crippen LogP contribution < -0.4 is 15.8 Å². The Morgan fingerprint density at radius 3 is 2.59 bits per heavy atom. The first kappa shape index (κ1) is 23.2. The van der Waals surface area contributed by atoms with Crippen molar-refractivity contribution in [3.05, 3.63) is 52.9 Å². The van der Waals surface area contributed by atoms with E-state index in [-0.39, 0.29) is 11.4 Å². The Balaban J connectivity index is 1.98. The van der Waals surface area contributed by atoms with Crippen molar-refractivity contribution in [3.8, 4) is 5.75 Å². The lowest BCUT2D eigenvalue weighted by molar-refractivity contribution is -0.208. The molecule has 1 aliphatic rings. The van der Waals surface area contributed by atoms with Gasteiger partial charge >= 0.3 is 6.18 Å². The Kier molecular flexibility index (Phi) is 5.98. The number of aryl methyl sites for hydroxylation is 1. The highest BCUT2D eigenvalue weighted by Gasteiger charge is 2.50. The number of hydrogen-bond donors (Lipinski definition) is 2. The lowest BCUT2D eigenvalue weighted by Crippen LogP contribution is -2.46. The molecule has 1 amide bonds. The normalized spacial score (nSPS) is 20.9. The number of ether oxygens (including phenoxy) is 2. The van der Waals surface area contributed by atoms with Crippen molar-refractivity contribution in [2.75, 3.05) is 12.4 Å². The average Bonchev–Trinajstić information content (AvgIpc) is 2.68. The molecule has 2 atom stereocenters. The van der Waals surface area contributed by atoms with E-state index >= 15 is 0 Å². The number of nitrogens with two attached hydrogens (primary N) is 1. The van der Waals surface area contributed by atoms with Gasteiger partial charge in [-0.3, -0.25) is 4.79 Å². The number of aliphatic imine (C=N–C) groups is 1. The number of carbonyl (C=O) groups is 1. The van der Waals surface area contributed by atoms with Crippen molar-refractivity contribution in [2.24, 2.45) is 10.7 Å². The molecule has 2 aromatic rings. The molecule has 0 bridgehead atoms. The van der Waals surface area contributed by atoms with Crippen LogP contribution in [0.3, 0.4) is 0 Å². The Bertz CT molecular complexity index is 1090. The molecule has 0 saturated carbocycles. The van der Waals surface area contributed by atoms with E-state index in [4.69, 9.17) is 10.5 Å².